The van der Waals surface area contributed by atoms with Gasteiger partial charge in [0.2, 0.25) is 5.76 Å². The van der Waals surface area contributed by atoms with Crippen LogP contribution in [0.3, 0.4) is 0 Å². The van der Waals surface area contributed by atoms with Gasteiger partial charge in [0, 0.05) is 25.0 Å². The number of carbonyl (C=O) groups is 2. The number of anilines is 2. The van der Waals surface area contributed by atoms with E-state index in [1.165, 1.54) is 18.4 Å². The van der Waals surface area contributed by atoms with Gasteiger partial charge in [0.1, 0.15) is 5.82 Å². The zero-order valence-corrected chi connectivity index (χ0v) is 19.1. The Balaban J connectivity index is 0.000000405. The maximum absolute atomic E-state index is 12.5. The Morgan fingerprint density at radius 2 is 1.88 bits per heavy atom. The molecule has 0 radical (unpaired) electrons. The number of carbonyl (C=O) groups excluding carboxylic acids is 1. The molecule has 2 aromatic heterocycles. The van der Waals surface area contributed by atoms with Crippen molar-refractivity contribution < 1.29 is 19.1 Å². The monoisotopic (exact) mass is 452 g/mol. The van der Waals surface area contributed by atoms with Crippen LogP contribution in [0.15, 0.2) is 65.4 Å². The van der Waals surface area contributed by atoms with Gasteiger partial charge in [-0.25, -0.2) is 9.78 Å². The summed E-state index contributed by atoms with van der Waals surface area (Å²) >= 11 is 0. The number of pyridine rings is 1. The third-order valence-electron chi connectivity index (χ3n) is 5.22. The van der Waals surface area contributed by atoms with Gasteiger partial charge in [-0.1, -0.05) is 38.8 Å². The van der Waals surface area contributed by atoms with Crippen molar-refractivity contribution in [1.29, 1.82) is 0 Å². The standard InChI is InChI=1S/C20H28N4O.C5H4O3/c1-3-15(4-2)9-12-23-20(25)17-7-5-6-8-18(17)24-14-16-10-11-22-19(21)13-16;6-5(7)4-2-1-3-8-4/h5-8,10-11,13,15,24H,3-4,9,12,14H2,1-2H3,(H2,21,22)(H,23,25);1-3H,(H,6,7). The van der Waals surface area contributed by atoms with Crippen LogP contribution in [0, 0.1) is 5.92 Å². The van der Waals surface area contributed by atoms with Gasteiger partial charge in [0.05, 0.1) is 11.8 Å². The zero-order chi connectivity index (χ0) is 24.1. The molecule has 0 aliphatic rings. The average molecular weight is 453 g/mol. The van der Waals surface area contributed by atoms with Gasteiger partial charge in [-0.05, 0) is 54.3 Å². The van der Waals surface area contributed by atoms with Crippen molar-refractivity contribution in [3.63, 3.8) is 0 Å². The molecule has 3 aromatic rings. The maximum atomic E-state index is 12.5. The average Bonchev–Trinajstić information content (AvgIpc) is 3.37. The molecule has 0 atom stereocenters. The summed E-state index contributed by atoms with van der Waals surface area (Å²) in [6.07, 6.45) is 6.33. The lowest BCUT2D eigenvalue weighted by Crippen LogP contribution is -2.26. The lowest BCUT2D eigenvalue weighted by molar-refractivity contribution is 0.0662. The third kappa shape index (κ3) is 8.68. The zero-order valence-electron chi connectivity index (χ0n) is 19.1. The summed E-state index contributed by atoms with van der Waals surface area (Å²) in [6.45, 7) is 5.69. The fraction of sp³-hybridized carbons (Fsp3) is 0.320. The van der Waals surface area contributed by atoms with Crippen LogP contribution in [0.5, 0.6) is 0 Å². The molecule has 176 valence electrons. The first-order valence-electron chi connectivity index (χ1n) is 11.0. The van der Waals surface area contributed by atoms with Crippen molar-refractivity contribution in [2.75, 3.05) is 17.6 Å². The first-order chi connectivity index (χ1) is 15.9. The highest BCUT2D eigenvalue weighted by molar-refractivity contribution is 5.99. The number of nitrogens with two attached hydrogens (primary N) is 1. The van der Waals surface area contributed by atoms with E-state index in [0.29, 0.717) is 30.4 Å². The number of aromatic nitrogens is 1. The van der Waals surface area contributed by atoms with Gasteiger partial charge in [0.25, 0.3) is 5.91 Å². The van der Waals surface area contributed by atoms with Crippen LogP contribution in [0.2, 0.25) is 0 Å². The number of hydrogen-bond acceptors (Lipinski definition) is 6. The smallest absolute Gasteiger partial charge is 0.371 e. The normalized spacial score (nSPS) is 10.3. The molecule has 0 aliphatic carbocycles. The van der Waals surface area contributed by atoms with Gasteiger partial charge in [-0.15, -0.1) is 0 Å². The second-order valence-electron chi connectivity index (χ2n) is 7.50. The van der Waals surface area contributed by atoms with Crippen molar-refractivity contribution >= 4 is 23.4 Å². The van der Waals surface area contributed by atoms with E-state index < -0.39 is 5.97 Å². The highest BCUT2D eigenvalue weighted by atomic mass is 16.4. The molecule has 8 heteroatoms. The summed E-state index contributed by atoms with van der Waals surface area (Å²) in [4.78, 5) is 26.5. The number of para-hydroxylation sites is 1. The number of aromatic carboxylic acids is 1. The summed E-state index contributed by atoms with van der Waals surface area (Å²) in [7, 11) is 0. The van der Waals surface area contributed by atoms with Crippen LogP contribution in [-0.2, 0) is 6.54 Å². The number of nitrogens with zero attached hydrogens (tertiary/aromatic N) is 1. The number of carboxylic acids is 1. The van der Waals surface area contributed by atoms with Crippen molar-refractivity contribution in [3.8, 4) is 0 Å². The highest BCUT2D eigenvalue weighted by Gasteiger charge is 2.11. The molecule has 0 saturated carbocycles. The summed E-state index contributed by atoms with van der Waals surface area (Å²) in [6, 6.07) is 14.2. The molecule has 0 unspecified atom stereocenters. The number of hydrogen-bond donors (Lipinski definition) is 4. The van der Waals surface area contributed by atoms with Gasteiger partial charge in [-0.3, -0.25) is 4.79 Å². The Morgan fingerprint density at radius 3 is 2.48 bits per heavy atom. The molecule has 1 aromatic carbocycles. The number of rotatable bonds is 10. The summed E-state index contributed by atoms with van der Waals surface area (Å²) in [5, 5.41) is 14.5. The second kappa shape index (κ2) is 13.6. The Bertz CT molecular complexity index is 1000. The number of benzene rings is 1. The first kappa shape index (κ1) is 25.5. The van der Waals surface area contributed by atoms with Crippen molar-refractivity contribution in [3.05, 3.63) is 77.9 Å². The second-order valence-corrected chi connectivity index (χ2v) is 7.50. The Kier molecular flexibility index (Phi) is 10.5. The molecule has 0 bridgehead atoms. The van der Waals surface area contributed by atoms with Gasteiger partial charge < -0.3 is 25.9 Å². The van der Waals surface area contributed by atoms with Crippen molar-refractivity contribution in [2.24, 2.45) is 5.92 Å². The number of carboxylic acid groups (broad SMARTS) is 1. The molecule has 3 rings (SSSR count). The van der Waals surface area contributed by atoms with E-state index in [-0.39, 0.29) is 11.7 Å². The van der Waals surface area contributed by atoms with Crippen LogP contribution in [0.1, 0.15) is 59.6 Å². The summed E-state index contributed by atoms with van der Waals surface area (Å²) in [5.41, 5.74) is 8.21. The minimum absolute atomic E-state index is 0.0231. The number of nitrogens with one attached hydrogen (secondary N) is 2. The lowest BCUT2D eigenvalue weighted by Gasteiger charge is -2.15. The third-order valence-corrected chi connectivity index (χ3v) is 5.22. The van der Waals surface area contributed by atoms with Gasteiger partial charge >= 0.3 is 5.97 Å². The molecule has 0 saturated heterocycles. The molecule has 0 aliphatic heterocycles. The Hall–Kier alpha value is -3.81. The molecule has 1 amide bonds. The van der Waals surface area contributed by atoms with Crippen LogP contribution in [0.25, 0.3) is 0 Å². The first-order valence-corrected chi connectivity index (χ1v) is 11.0. The van der Waals surface area contributed by atoms with E-state index in [9.17, 15) is 9.59 Å². The fourth-order valence-corrected chi connectivity index (χ4v) is 3.22. The predicted octanol–water partition coefficient (Wildman–Crippen LogP) is 4.81. The Morgan fingerprint density at radius 1 is 1.12 bits per heavy atom. The van der Waals surface area contributed by atoms with Crippen molar-refractivity contribution in [1.82, 2.24) is 10.3 Å². The predicted molar refractivity (Wildman–Crippen MR) is 129 cm³/mol. The van der Waals surface area contributed by atoms with Gasteiger partial charge in [-0.2, -0.15) is 0 Å². The van der Waals surface area contributed by atoms with Crippen LogP contribution in [-0.4, -0.2) is 28.5 Å². The minimum Gasteiger partial charge on any atom is -0.475 e. The van der Waals surface area contributed by atoms with E-state index in [1.54, 1.807) is 6.20 Å². The van der Waals surface area contributed by atoms with E-state index >= 15 is 0 Å². The lowest BCUT2D eigenvalue weighted by atomic mass is 9.99. The van der Waals surface area contributed by atoms with Crippen LogP contribution >= 0.6 is 0 Å². The number of furan rings is 1. The molecule has 5 N–H and O–H groups in total. The summed E-state index contributed by atoms with van der Waals surface area (Å²) in [5.74, 6) is 0.0702. The van der Waals surface area contributed by atoms with E-state index in [0.717, 1.165) is 30.5 Å². The topological polar surface area (TPSA) is 130 Å². The van der Waals surface area contributed by atoms with E-state index in [4.69, 9.17) is 10.8 Å². The molecule has 0 spiro atoms. The molecule has 8 nitrogen and oxygen atoms in total. The largest absolute Gasteiger partial charge is 0.475 e. The maximum Gasteiger partial charge on any atom is 0.371 e. The van der Waals surface area contributed by atoms with E-state index in [2.05, 4.69) is 33.9 Å². The van der Waals surface area contributed by atoms with Crippen molar-refractivity contribution in [2.45, 2.75) is 39.7 Å². The molecule has 33 heavy (non-hydrogen) atoms. The molecular weight excluding hydrogens is 420 g/mol. The number of amides is 1. The van der Waals surface area contributed by atoms with E-state index in [1.807, 2.05) is 36.4 Å². The summed E-state index contributed by atoms with van der Waals surface area (Å²) < 4.78 is 4.50. The van der Waals surface area contributed by atoms with Crippen LogP contribution < -0.4 is 16.4 Å². The SMILES string of the molecule is CCC(CC)CCNC(=O)c1ccccc1NCc1ccnc(N)c1.O=C(O)c1ccco1. The van der Waals surface area contributed by atoms with Gasteiger partial charge in [0.15, 0.2) is 0 Å². The molecular formula is C25H32N4O4. The molecule has 0 fully saturated rings. The highest BCUT2D eigenvalue weighted by Crippen LogP contribution is 2.17. The quantitative estimate of drug-likeness (QED) is 0.347. The number of nitrogen functional groups attached to an aromatic ring is 1. The minimum atomic E-state index is -1.03. The fourth-order valence-electron chi connectivity index (χ4n) is 3.22. The van der Waals surface area contributed by atoms with Crippen LogP contribution in [0.4, 0.5) is 11.5 Å². The Labute approximate surface area is 194 Å². The molecule has 2 heterocycles.